The lowest BCUT2D eigenvalue weighted by Gasteiger charge is -2.12. The Balaban J connectivity index is 1.67. The number of nitrogens with zero attached hydrogens (tertiary/aromatic N) is 3. The molecule has 0 radical (unpaired) electrons. The molecule has 1 heterocycles. The maximum absolute atomic E-state index is 12.5. The number of thioether (sulfide) groups is 1. The molecule has 0 saturated heterocycles. The summed E-state index contributed by atoms with van der Waals surface area (Å²) in [5.74, 6) is 1.49. The van der Waals surface area contributed by atoms with Gasteiger partial charge in [-0.15, -0.1) is 10.2 Å². The summed E-state index contributed by atoms with van der Waals surface area (Å²) < 4.78 is 7.34. The van der Waals surface area contributed by atoms with E-state index in [0.717, 1.165) is 28.4 Å². The van der Waals surface area contributed by atoms with Gasteiger partial charge < -0.3 is 14.6 Å². The van der Waals surface area contributed by atoms with Crippen molar-refractivity contribution in [3.05, 3.63) is 54.1 Å². The Labute approximate surface area is 169 Å². The van der Waals surface area contributed by atoms with Gasteiger partial charge in [0.25, 0.3) is 0 Å². The average Bonchev–Trinajstić information content (AvgIpc) is 3.04. The van der Waals surface area contributed by atoms with Crippen molar-refractivity contribution in [2.45, 2.75) is 31.2 Å². The summed E-state index contributed by atoms with van der Waals surface area (Å²) >= 11 is 1.38. The zero-order chi connectivity index (χ0) is 20.1. The number of carbonyl (C=O) groups is 1. The third kappa shape index (κ3) is 4.54. The smallest absolute Gasteiger partial charge is 0.237 e. The fourth-order valence-electron chi connectivity index (χ4n) is 2.73. The van der Waals surface area contributed by atoms with Crippen molar-refractivity contribution in [1.82, 2.24) is 14.8 Å². The molecular formula is C21H24N4O2S. The molecule has 28 heavy (non-hydrogen) atoms. The van der Waals surface area contributed by atoms with E-state index in [-0.39, 0.29) is 11.2 Å². The van der Waals surface area contributed by atoms with Crippen molar-refractivity contribution < 1.29 is 9.53 Å². The van der Waals surface area contributed by atoms with Crippen molar-refractivity contribution in [1.29, 1.82) is 0 Å². The zero-order valence-corrected chi connectivity index (χ0v) is 17.3. The molecule has 146 valence electrons. The van der Waals surface area contributed by atoms with E-state index in [1.165, 1.54) is 11.8 Å². The highest BCUT2D eigenvalue weighted by Gasteiger charge is 2.20. The highest BCUT2D eigenvalue weighted by molar-refractivity contribution is 8.00. The van der Waals surface area contributed by atoms with E-state index in [4.69, 9.17) is 4.74 Å². The second-order valence-electron chi connectivity index (χ2n) is 6.39. The van der Waals surface area contributed by atoms with E-state index in [0.29, 0.717) is 11.8 Å². The SMILES string of the molecule is CCOc1ccc(NC(=O)C(C)Sc2nnc(-c3ccccc3C)n2C)cc1. The highest BCUT2D eigenvalue weighted by Crippen LogP contribution is 2.28. The molecule has 1 aromatic heterocycles. The van der Waals surface area contributed by atoms with Crippen molar-refractivity contribution in [2.75, 3.05) is 11.9 Å². The van der Waals surface area contributed by atoms with Crippen LogP contribution in [0.5, 0.6) is 5.75 Å². The average molecular weight is 397 g/mol. The molecule has 2 aromatic carbocycles. The minimum absolute atomic E-state index is 0.0883. The predicted octanol–water partition coefficient (Wildman–Crippen LogP) is 4.31. The molecule has 7 heteroatoms. The predicted molar refractivity (Wildman–Crippen MR) is 113 cm³/mol. The van der Waals surface area contributed by atoms with Gasteiger partial charge in [0.15, 0.2) is 11.0 Å². The monoisotopic (exact) mass is 396 g/mol. The molecule has 6 nitrogen and oxygen atoms in total. The largest absolute Gasteiger partial charge is 0.494 e. The number of hydrogen-bond donors (Lipinski definition) is 1. The van der Waals surface area contributed by atoms with Crippen molar-refractivity contribution in [3.8, 4) is 17.1 Å². The maximum atomic E-state index is 12.5. The topological polar surface area (TPSA) is 69.0 Å². The quantitative estimate of drug-likeness (QED) is 0.603. The molecule has 0 spiro atoms. The number of aryl methyl sites for hydroxylation is 1. The first-order chi connectivity index (χ1) is 13.5. The lowest BCUT2D eigenvalue weighted by molar-refractivity contribution is -0.115. The Morgan fingerprint density at radius 1 is 1.18 bits per heavy atom. The van der Waals surface area contributed by atoms with Crippen LogP contribution in [0.15, 0.2) is 53.7 Å². The molecule has 3 rings (SSSR count). The standard InChI is InChI=1S/C21H24N4O2S/c1-5-27-17-12-10-16(11-13-17)22-20(26)15(3)28-21-24-23-19(25(21)4)18-9-7-6-8-14(18)2/h6-13,15H,5H2,1-4H3,(H,22,26). The van der Waals surface area contributed by atoms with E-state index in [1.54, 1.807) is 0 Å². The van der Waals surface area contributed by atoms with E-state index in [2.05, 4.69) is 15.5 Å². The van der Waals surface area contributed by atoms with Crippen LogP contribution in [-0.2, 0) is 11.8 Å². The Hall–Kier alpha value is -2.80. The van der Waals surface area contributed by atoms with Crippen LogP contribution in [0.25, 0.3) is 11.4 Å². The first-order valence-corrected chi connectivity index (χ1v) is 10.0. The number of benzene rings is 2. The summed E-state index contributed by atoms with van der Waals surface area (Å²) in [5.41, 5.74) is 2.91. The van der Waals surface area contributed by atoms with Gasteiger partial charge >= 0.3 is 0 Å². The lowest BCUT2D eigenvalue weighted by Crippen LogP contribution is -2.22. The molecule has 0 bridgehead atoms. The summed E-state index contributed by atoms with van der Waals surface area (Å²) in [4.78, 5) is 12.5. The number of rotatable bonds is 7. The van der Waals surface area contributed by atoms with Gasteiger partial charge in [0.1, 0.15) is 5.75 Å². The van der Waals surface area contributed by atoms with Gasteiger partial charge in [-0.05, 0) is 50.6 Å². The number of carbonyl (C=O) groups excluding carboxylic acids is 1. The van der Waals surface area contributed by atoms with Crippen molar-refractivity contribution >= 4 is 23.4 Å². The van der Waals surface area contributed by atoms with Gasteiger partial charge in [-0.25, -0.2) is 0 Å². The first-order valence-electron chi connectivity index (χ1n) is 9.15. The first kappa shape index (κ1) is 19.9. The van der Waals surface area contributed by atoms with Crippen LogP contribution in [-0.4, -0.2) is 32.5 Å². The fourth-order valence-corrected chi connectivity index (χ4v) is 3.55. The molecule has 3 aromatic rings. The third-order valence-corrected chi connectivity index (χ3v) is 5.44. The fraction of sp³-hybridized carbons (Fsp3) is 0.286. The number of nitrogens with one attached hydrogen (secondary N) is 1. The molecular weight excluding hydrogens is 372 g/mol. The van der Waals surface area contributed by atoms with Crippen LogP contribution in [0.1, 0.15) is 19.4 Å². The summed E-state index contributed by atoms with van der Waals surface area (Å²) in [6.45, 7) is 6.45. The van der Waals surface area contributed by atoms with Gasteiger partial charge in [0, 0.05) is 18.3 Å². The normalized spacial score (nSPS) is 11.9. The Morgan fingerprint density at radius 3 is 2.57 bits per heavy atom. The van der Waals surface area contributed by atoms with Crippen LogP contribution >= 0.6 is 11.8 Å². The third-order valence-electron chi connectivity index (χ3n) is 4.31. The molecule has 0 saturated carbocycles. The van der Waals surface area contributed by atoms with Crippen molar-refractivity contribution in [3.63, 3.8) is 0 Å². The van der Waals surface area contributed by atoms with E-state index >= 15 is 0 Å². The second-order valence-corrected chi connectivity index (χ2v) is 7.69. The molecule has 0 aliphatic carbocycles. The van der Waals surface area contributed by atoms with Gasteiger partial charge in [0.05, 0.1) is 11.9 Å². The molecule has 1 N–H and O–H groups in total. The van der Waals surface area contributed by atoms with E-state index in [9.17, 15) is 4.79 Å². The number of aromatic nitrogens is 3. The highest BCUT2D eigenvalue weighted by atomic mass is 32.2. The summed E-state index contributed by atoms with van der Waals surface area (Å²) in [7, 11) is 1.92. The summed E-state index contributed by atoms with van der Waals surface area (Å²) in [6, 6.07) is 15.4. The Bertz CT molecular complexity index is 953. The van der Waals surface area contributed by atoms with Gasteiger partial charge in [-0.2, -0.15) is 0 Å². The van der Waals surface area contributed by atoms with E-state index < -0.39 is 0 Å². The summed E-state index contributed by atoms with van der Waals surface area (Å²) in [5, 5.41) is 11.9. The second kappa shape index (κ2) is 8.93. The molecule has 0 aliphatic heterocycles. The van der Waals surface area contributed by atoms with Crippen LogP contribution in [0.3, 0.4) is 0 Å². The van der Waals surface area contributed by atoms with Crippen LogP contribution < -0.4 is 10.1 Å². The Morgan fingerprint density at radius 2 is 1.89 bits per heavy atom. The number of anilines is 1. The maximum Gasteiger partial charge on any atom is 0.237 e. The van der Waals surface area contributed by atoms with Gasteiger partial charge in [-0.1, -0.05) is 36.0 Å². The van der Waals surface area contributed by atoms with Gasteiger partial charge in [0.2, 0.25) is 5.91 Å². The minimum atomic E-state index is -0.320. The van der Waals surface area contributed by atoms with Crippen LogP contribution in [0.4, 0.5) is 5.69 Å². The molecule has 1 unspecified atom stereocenters. The number of hydrogen-bond acceptors (Lipinski definition) is 5. The van der Waals surface area contributed by atoms with E-state index in [1.807, 2.05) is 80.9 Å². The summed E-state index contributed by atoms with van der Waals surface area (Å²) in [6.07, 6.45) is 0. The van der Waals surface area contributed by atoms with Crippen LogP contribution in [0, 0.1) is 6.92 Å². The number of ether oxygens (including phenoxy) is 1. The molecule has 1 amide bonds. The zero-order valence-electron chi connectivity index (χ0n) is 16.5. The molecule has 0 aliphatic rings. The lowest BCUT2D eigenvalue weighted by atomic mass is 10.1. The molecule has 1 atom stereocenters. The van der Waals surface area contributed by atoms with Gasteiger partial charge in [-0.3, -0.25) is 4.79 Å². The molecule has 0 fully saturated rings. The van der Waals surface area contributed by atoms with Crippen LogP contribution in [0.2, 0.25) is 0 Å². The minimum Gasteiger partial charge on any atom is -0.494 e. The Kier molecular flexibility index (Phi) is 6.36. The van der Waals surface area contributed by atoms with Crippen molar-refractivity contribution in [2.24, 2.45) is 7.05 Å². The number of amides is 1.